The van der Waals surface area contributed by atoms with Gasteiger partial charge in [-0.1, -0.05) is 0 Å². The molecule has 0 aliphatic rings. The van der Waals surface area contributed by atoms with Gasteiger partial charge in [0, 0.05) is 48.7 Å². The molecule has 0 amide bonds. The number of ether oxygens (including phenoxy) is 5. The molecule has 0 radical (unpaired) electrons. The summed E-state index contributed by atoms with van der Waals surface area (Å²) in [6, 6.07) is 6.88. The van der Waals surface area contributed by atoms with Crippen LogP contribution in [0.2, 0.25) is 0 Å². The molecule has 1 heterocycles. The van der Waals surface area contributed by atoms with Gasteiger partial charge in [-0.05, 0) is 53.0 Å². The van der Waals surface area contributed by atoms with Crippen molar-refractivity contribution in [2.24, 2.45) is 5.92 Å². The first-order chi connectivity index (χ1) is 24.7. The predicted molar refractivity (Wildman–Crippen MR) is 191 cm³/mol. The number of phenolic OH excluding ortho intramolecular Hbond substituents is 3. The zero-order valence-corrected chi connectivity index (χ0v) is 31.7. The van der Waals surface area contributed by atoms with E-state index in [1.807, 2.05) is 0 Å². The molecule has 1 unspecified atom stereocenters. The molecule has 0 saturated heterocycles. The van der Waals surface area contributed by atoms with Crippen molar-refractivity contribution in [2.75, 3.05) is 40.3 Å². The van der Waals surface area contributed by atoms with Crippen LogP contribution in [0.1, 0.15) is 58.1 Å². The van der Waals surface area contributed by atoms with E-state index >= 15 is 0 Å². The number of ketones is 1. The van der Waals surface area contributed by atoms with Gasteiger partial charge >= 0.3 is 23.5 Å². The van der Waals surface area contributed by atoms with Crippen molar-refractivity contribution in [3.8, 4) is 28.7 Å². The van der Waals surface area contributed by atoms with Crippen LogP contribution in [-0.4, -0.2) is 92.3 Å². The quantitative estimate of drug-likeness (QED) is 0.0628. The topological polar surface area (TPSA) is 260 Å². The fraction of sp³-hybridized carbons (Fsp3) is 0.457. The van der Waals surface area contributed by atoms with Crippen molar-refractivity contribution in [3.05, 3.63) is 51.9 Å². The van der Waals surface area contributed by atoms with Crippen molar-refractivity contribution in [1.29, 1.82) is 0 Å². The molecule has 53 heavy (non-hydrogen) atoms. The fourth-order valence-corrected chi connectivity index (χ4v) is 4.31. The van der Waals surface area contributed by atoms with Crippen LogP contribution in [0.15, 0.2) is 39.5 Å². The Hall–Kier alpha value is -5.36. The van der Waals surface area contributed by atoms with Crippen LogP contribution in [0.5, 0.6) is 28.7 Å². The Balaban J connectivity index is 0.000000761. The Bertz CT molecular complexity index is 1800. The molecule has 4 N–H and O–H groups in total. The van der Waals surface area contributed by atoms with E-state index in [1.54, 1.807) is 27.7 Å². The minimum atomic E-state index is -3.67. The number of Topliss-reactive ketones (excluding diaryl/α,β-unsaturated/α-hetero) is 1. The maximum Gasteiger partial charge on any atom is 0.339 e. The van der Waals surface area contributed by atoms with E-state index in [0.717, 1.165) is 0 Å². The monoisotopic (exact) mass is 772 g/mol. The van der Waals surface area contributed by atoms with Gasteiger partial charge in [0.05, 0.1) is 45.7 Å². The van der Waals surface area contributed by atoms with Crippen LogP contribution in [0, 0.1) is 12.8 Å². The minimum Gasteiger partial charge on any atom is -0.508 e. The van der Waals surface area contributed by atoms with Gasteiger partial charge in [-0.2, -0.15) is 8.42 Å². The first-order valence-electron chi connectivity index (χ1n) is 16.0. The van der Waals surface area contributed by atoms with Crippen LogP contribution in [0.3, 0.4) is 0 Å². The first-order valence-corrected chi connectivity index (χ1v) is 17.9. The Morgan fingerprint density at radius 1 is 0.792 bits per heavy atom. The van der Waals surface area contributed by atoms with Crippen LogP contribution in [0.25, 0.3) is 11.0 Å². The standard InChI is InChI=1S/C16H18O6.C11H18O5.C7H8O3.CH4O3S/c1-4-21-14(18)6-5-11-9(2)15-12(20-3)7-10(17)8-13(15)22-16(11)19;1-4-15-10(13)7-6-9(8(3)12)11(14)16-5-2;1-10-7-3-5(8)2-6(9)4-7;1-5(2,3)4/h7-8,17H,4-6H2,1-3H3;9H,4-7H2,1-3H3;2-4,8-9H,1H3;1H3,(H,2,3,4). The number of aromatic hydroxyl groups is 3. The maximum absolute atomic E-state index is 12.1. The molecular weight excluding hydrogens is 724 g/mol. The second kappa shape index (κ2) is 24.0. The fourth-order valence-electron chi connectivity index (χ4n) is 4.31. The highest BCUT2D eigenvalue weighted by atomic mass is 32.2. The molecule has 0 aliphatic heterocycles. The molecular formula is C35H48O17S. The van der Waals surface area contributed by atoms with E-state index in [1.165, 1.54) is 51.5 Å². The molecule has 3 rings (SSSR count). The van der Waals surface area contributed by atoms with Crippen molar-refractivity contribution in [3.63, 3.8) is 0 Å². The predicted octanol–water partition coefficient (Wildman–Crippen LogP) is 4.02. The average Bonchev–Trinajstić information content (AvgIpc) is 3.03. The van der Waals surface area contributed by atoms with Crippen molar-refractivity contribution in [2.45, 2.75) is 60.3 Å². The molecule has 2 aromatic carbocycles. The lowest BCUT2D eigenvalue weighted by Gasteiger charge is -2.11. The molecule has 0 saturated carbocycles. The number of aryl methyl sites for hydroxylation is 1. The van der Waals surface area contributed by atoms with Gasteiger partial charge in [-0.3, -0.25) is 23.7 Å². The van der Waals surface area contributed by atoms with Gasteiger partial charge in [-0.15, -0.1) is 0 Å². The summed E-state index contributed by atoms with van der Waals surface area (Å²) in [5.74, 6) is -1.69. The molecule has 3 aromatic rings. The molecule has 296 valence electrons. The second-order valence-electron chi connectivity index (χ2n) is 10.7. The van der Waals surface area contributed by atoms with Gasteiger partial charge in [0.2, 0.25) is 0 Å². The SMILES string of the molecule is CCOC(=O)CCC(C(C)=O)C(=O)OCC.CCOC(=O)CCc1c(C)c2c(OC)cc(O)cc2oc1=O.COc1cc(O)cc(O)c1.CS(=O)(=O)O. The summed E-state index contributed by atoms with van der Waals surface area (Å²) < 4.78 is 55.4. The van der Waals surface area contributed by atoms with E-state index in [-0.39, 0.29) is 66.9 Å². The van der Waals surface area contributed by atoms with Crippen molar-refractivity contribution in [1.82, 2.24) is 0 Å². The summed E-state index contributed by atoms with van der Waals surface area (Å²) in [7, 11) is -0.731. The van der Waals surface area contributed by atoms with Crippen molar-refractivity contribution >= 4 is 44.8 Å². The number of hydrogen-bond acceptors (Lipinski definition) is 16. The third-order valence-electron chi connectivity index (χ3n) is 6.55. The van der Waals surface area contributed by atoms with Gasteiger partial charge in [0.1, 0.15) is 46.0 Å². The number of fused-ring (bicyclic) bond motifs is 1. The summed E-state index contributed by atoms with van der Waals surface area (Å²) >= 11 is 0. The normalized spacial score (nSPS) is 10.8. The number of hydrogen-bond donors (Lipinski definition) is 4. The van der Waals surface area contributed by atoms with Gasteiger partial charge in [0.25, 0.3) is 10.1 Å². The average molecular weight is 773 g/mol. The highest BCUT2D eigenvalue weighted by Gasteiger charge is 2.25. The van der Waals surface area contributed by atoms with E-state index in [4.69, 9.17) is 42.9 Å². The van der Waals surface area contributed by atoms with E-state index < -0.39 is 33.6 Å². The molecule has 1 atom stereocenters. The van der Waals surface area contributed by atoms with Gasteiger partial charge in [-0.25, -0.2) is 4.79 Å². The lowest BCUT2D eigenvalue weighted by Crippen LogP contribution is -2.25. The zero-order valence-electron chi connectivity index (χ0n) is 30.9. The largest absolute Gasteiger partial charge is 0.508 e. The summed E-state index contributed by atoms with van der Waals surface area (Å²) in [5.41, 5.74) is 0.804. The summed E-state index contributed by atoms with van der Waals surface area (Å²) in [4.78, 5) is 57.2. The Labute approximate surface area is 307 Å². The van der Waals surface area contributed by atoms with E-state index in [9.17, 15) is 37.5 Å². The second-order valence-corrected chi connectivity index (χ2v) is 12.2. The lowest BCUT2D eigenvalue weighted by molar-refractivity contribution is -0.152. The van der Waals surface area contributed by atoms with E-state index in [2.05, 4.69) is 0 Å². The first kappa shape index (κ1) is 47.6. The smallest absolute Gasteiger partial charge is 0.339 e. The minimum absolute atomic E-state index is 0.00292. The van der Waals surface area contributed by atoms with Crippen molar-refractivity contribution < 1.29 is 75.6 Å². The highest BCUT2D eigenvalue weighted by Crippen LogP contribution is 2.33. The Morgan fingerprint density at radius 2 is 1.28 bits per heavy atom. The third kappa shape index (κ3) is 19.2. The van der Waals surface area contributed by atoms with Gasteiger partial charge in [0.15, 0.2) is 0 Å². The number of carbonyl (C=O) groups excluding carboxylic acids is 4. The maximum atomic E-state index is 12.1. The Kier molecular flexibility index (Phi) is 21.6. The van der Waals surface area contributed by atoms with Crippen LogP contribution < -0.4 is 15.1 Å². The summed E-state index contributed by atoms with van der Waals surface area (Å²) in [6.07, 6.45) is 1.25. The van der Waals surface area contributed by atoms with Crippen LogP contribution in [0.4, 0.5) is 0 Å². The number of benzene rings is 2. The number of carbonyl (C=O) groups is 4. The molecule has 1 aromatic heterocycles. The number of rotatable bonds is 13. The van der Waals surface area contributed by atoms with Crippen LogP contribution in [-0.2, 0) is 49.9 Å². The molecule has 18 heteroatoms. The van der Waals surface area contributed by atoms with E-state index in [0.29, 0.717) is 47.5 Å². The van der Waals surface area contributed by atoms with Crippen LogP contribution >= 0.6 is 0 Å². The number of phenols is 3. The third-order valence-corrected chi connectivity index (χ3v) is 6.55. The molecule has 0 bridgehead atoms. The summed E-state index contributed by atoms with van der Waals surface area (Å²) in [5, 5.41) is 28.0. The number of esters is 3. The molecule has 0 fully saturated rings. The highest BCUT2D eigenvalue weighted by molar-refractivity contribution is 7.85. The molecule has 17 nitrogen and oxygen atoms in total. The molecule has 0 spiro atoms. The summed E-state index contributed by atoms with van der Waals surface area (Å²) in [6.45, 7) is 8.99. The zero-order chi connectivity index (χ0) is 40.9. The Morgan fingerprint density at radius 3 is 1.74 bits per heavy atom. The lowest BCUT2D eigenvalue weighted by atomic mass is 9.99. The molecule has 0 aliphatic carbocycles. The van der Waals surface area contributed by atoms with Gasteiger partial charge < -0.3 is 43.4 Å². The number of methoxy groups -OCH3 is 2.